The Bertz CT molecular complexity index is 1290. The molecular weight excluding hydrogens is 421 g/mol. The van der Waals surface area contributed by atoms with Crippen molar-refractivity contribution in [2.24, 2.45) is 10.7 Å². The number of rotatable bonds is 7. The molecule has 0 bridgehead atoms. The molecule has 31 heavy (non-hydrogen) atoms. The fourth-order valence-electron chi connectivity index (χ4n) is 3.40. The molecule has 3 aromatic rings. The lowest BCUT2D eigenvalue weighted by Crippen LogP contribution is -2.31. The molecule has 0 aliphatic carbocycles. The molecule has 1 atom stereocenters. The van der Waals surface area contributed by atoms with Crippen LogP contribution in [-0.2, 0) is 10.0 Å². The van der Waals surface area contributed by atoms with Gasteiger partial charge < -0.3 is 10.5 Å². The number of aliphatic imine (C=N–C) groups is 1. The number of hydrogen-bond donors (Lipinski definition) is 2. The quantitative estimate of drug-likeness (QED) is 0.545. The Balaban J connectivity index is 1.39. The molecular formula is C21H22FN5O3S. The molecule has 1 aliphatic heterocycles. The van der Waals surface area contributed by atoms with E-state index >= 15 is 0 Å². The van der Waals surface area contributed by atoms with Crippen molar-refractivity contribution in [2.45, 2.75) is 19.5 Å². The number of benzene rings is 2. The highest BCUT2D eigenvalue weighted by Crippen LogP contribution is 2.24. The van der Waals surface area contributed by atoms with Crippen LogP contribution in [-0.4, -0.2) is 42.7 Å². The van der Waals surface area contributed by atoms with Gasteiger partial charge in [-0.05, 0) is 62.4 Å². The van der Waals surface area contributed by atoms with Gasteiger partial charge in [0, 0.05) is 11.9 Å². The lowest BCUT2D eigenvalue weighted by atomic mass is 10.2. The minimum atomic E-state index is -3.72. The fourth-order valence-corrected chi connectivity index (χ4v) is 4.74. The van der Waals surface area contributed by atoms with Crippen molar-refractivity contribution in [3.8, 4) is 11.4 Å². The maximum Gasteiger partial charge on any atom is 0.242 e. The van der Waals surface area contributed by atoms with Crippen LogP contribution >= 0.6 is 0 Å². The number of nitrogens with two attached hydrogens (primary N) is 1. The van der Waals surface area contributed by atoms with Gasteiger partial charge in [0.05, 0.1) is 23.1 Å². The number of nitrogens with one attached hydrogen (secondary N) is 1. The van der Waals surface area contributed by atoms with Gasteiger partial charge >= 0.3 is 0 Å². The summed E-state index contributed by atoms with van der Waals surface area (Å²) in [5.41, 5.74) is 6.82. The molecule has 3 N–H and O–H groups in total. The average Bonchev–Trinajstić information content (AvgIpc) is 3.25. The molecule has 162 valence electrons. The monoisotopic (exact) mass is 443 g/mol. The first-order valence-electron chi connectivity index (χ1n) is 9.59. The minimum Gasteiger partial charge on any atom is -0.492 e. The largest absolute Gasteiger partial charge is 0.492 e. The Hall–Kier alpha value is -3.08. The molecule has 2 heterocycles. The van der Waals surface area contributed by atoms with E-state index in [9.17, 15) is 12.8 Å². The SMILES string of the molecule is CC1=NC(C)(N)C=C1S(=O)(=O)NCCOc1ccc2c(cnn2-c2ccc(F)cc2)c1. The lowest BCUT2D eigenvalue weighted by Gasteiger charge is -2.10. The van der Waals surface area contributed by atoms with Crippen LogP contribution in [0.15, 0.2) is 64.6 Å². The van der Waals surface area contributed by atoms with E-state index in [1.165, 1.54) is 18.2 Å². The fraction of sp³-hybridized carbons (Fsp3) is 0.238. The zero-order chi connectivity index (χ0) is 22.2. The van der Waals surface area contributed by atoms with Crippen LogP contribution in [0.5, 0.6) is 5.75 Å². The lowest BCUT2D eigenvalue weighted by molar-refractivity contribution is 0.323. The summed E-state index contributed by atoms with van der Waals surface area (Å²) in [6, 6.07) is 11.5. The maximum atomic E-state index is 13.2. The zero-order valence-electron chi connectivity index (χ0n) is 17.0. The topological polar surface area (TPSA) is 112 Å². The second-order valence-corrected chi connectivity index (χ2v) is 9.17. The number of fused-ring (bicyclic) bond motifs is 1. The summed E-state index contributed by atoms with van der Waals surface area (Å²) < 4.78 is 48.0. The highest BCUT2D eigenvalue weighted by Gasteiger charge is 2.30. The Morgan fingerprint density at radius 2 is 1.97 bits per heavy atom. The van der Waals surface area contributed by atoms with E-state index in [2.05, 4.69) is 14.8 Å². The molecule has 2 aromatic carbocycles. The predicted molar refractivity (Wildman–Crippen MR) is 117 cm³/mol. The Morgan fingerprint density at radius 1 is 1.23 bits per heavy atom. The number of hydrogen-bond acceptors (Lipinski definition) is 6. The van der Waals surface area contributed by atoms with Crippen molar-refractivity contribution in [2.75, 3.05) is 13.2 Å². The molecule has 0 fully saturated rings. The molecule has 8 nitrogen and oxygen atoms in total. The van der Waals surface area contributed by atoms with Crippen LogP contribution in [0.4, 0.5) is 4.39 Å². The number of halogens is 1. The van der Waals surface area contributed by atoms with Gasteiger partial charge in [0.1, 0.15) is 28.7 Å². The molecule has 4 rings (SSSR count). The number of ether oxygens (including phenoxy) is 1. The summed E-state index contributed by atoms with van der Waals surface area (Å²) in [5, 5.41) is 5.19. The van der Waals surface area contributed by atoms with E-state index in [0.717, 1.165) is 16.6 Å². The smallest absolute Gasteiger partial charge is 0.242 e. The van der Waals surface area contributed by atoms with Crippen LogP contribution in [0.1, 0.15) is 13.8 Å². The van der Waals surface area contributed by atoms with E-state index in [0.29, 0.717) is 11.5 Å². The van der Waals surface area contributed by atoms with Crippen molar-refractivity contribution in [1.29, 1.82) is 0 Å². The average molecular weight is 444 g/mol. The van der Waals surface area contributed by atoms with Crippen LogP contribution in [0, 0.1) is 5.82 Å². The van der Waals surface area contributed by atoms with Gasteiger partial charge in [0.15, 0.2) is 0 Å². The minimum absolute atomic E-state index is 0.0844. The van der Waals surface area contributed by atoms with Crippen molar-refractivity contribution in [1.82, 2.24) is 14.5 Å². The third kappa shape index (κ3) is 4.50. The number of aromatic nitrogens is 2. The molecule has 1 aromatic heterocycles. The first-order valence-corrected chi connectivity index (χ1v) is 11.1. The number of allylic oxidation sites excluding steroid dienone is 1. The zero-order valence-corrected chi connectivity index (χ0v) is 17.9. The Kier molecular flexibility index (Phi) is 5.38. The highest BCUT2D eigenvalue weighted by atomic mass is 32.2. The number of sulfonamides is 1. The third-order valence-corrected chi connectivity index (χ3v) is 6.33. The van der Waals surface area contributed by atoms with E-state index in [1.54, 1.807) is 42.9 Å². The summed E-state index contributed by atoms with van der Waals surface area (Å²) in [7, 11) is -3.72. The van der Waals surface area contributed by atoms with E-state index in [4.69, 9.17) is 10.5 Å². The third-order valence-electron chi connectivity index (χ3n) is 4.75. The van der Waals surface area contributed by atoms with E-state index < -0.39 is 15.7 Å². The van der Waals surface area contributed by atoms with Crippen LogP contribution in [0.2, 0.25) is 0 Å². The molecule has 0 spiro atoms. The van der Waals surface area contributed by atoms with Gasteiger partial charge in [-0.15, -0.1) is 0 Å². The first kappa shape index (κ1) is 21.2. The van der Waals surface area contributed by atoms with Crippen LogP contribution in [0.3, 0.4) is 0 Å². The summed E-state index contributed by atoms with van der Waals surface area (Å²) in [4.78, 5) is 4.22. The van der Waals surface area contributed by atoms with Crippen LogP contribution < -0.4 is 15.2 Å². The van der Waals surface area contributed by atoms with Crippen molar-refractivity contribution >= 4 is 26.6 Å². The van der Waals surface area contributed by atoms with Gasteiger partial charge in [0.25, 0.3) is 0 Å². The Labute approximate surface area is 179 Å². The van der Waals surface area contributed by atoms with Crippen LogP contribution in [0.25, 0.3) is 16.6 Å². The highest BCUT2D eigenvalue weighted by molar-refractivity contribution is 7.94. The van der Waals surface area contributed by atoms with Gasteiger partial charge in [-0.25, -0.2) is 22.2 Å². The Morgan fingerprint density at radius 3 is 2.65 bits per heavy atom. The second kappa shape index (κ2) is 7.88. The summed E-state index contributed by atoms with van der Waals surface area (Å²) in [5.74, 6) is 0.271. The van der Waals surface area contributed by atoms with Crippen molar-refractivity contribution in [3.05, 3.63) is 65.5 Å². The molecule has 0 saturated carbocycles. The molecule has 1 unspecified atom stereocenters. The van der Waals surface area contributed by atoms with E-state index in [1.807, 2.05) is 12.1 Å². The molecule has 0 saturated heterocycles. The second-order valence-electron chi connectivity index (χ2n) is 7.43. The normalized spacial score (nSPS) is 18.8. The molecule has 0 radical (unpaired) electrons. The molecule has 0 amide bonds. The van der Waals surface area contributed by atoms with Crippen molar-refractivity contribution < 1.29 is 17.5 Å². The van der Waals surface area contributed by atoms with Gasteiger partial charge in [-0.3, -0.25) is 4.99 Å². The molecule has 1 aliphatic rings. The van der Waals surface area contributed by atoms with Gasteiger partial charge in [0.2, 0.25) is 10.0 Å². The van der Waals surface area contributed by atoms with Crippen molar-refractivity contribution in [3.63, 3.8) is 0 Å². The summed E-state index contributed by atoms with van der Waals surface area (Å²) in [6.45, 7) is 3.47. The summed E-state index contributed by atoms with van der Waals surface area (Å²) >= 11 is 0. The standard InChI is InChI=1S/C21H22FN5O3S/c1-14-20(12-21(2,23)26-14)31(28,29)25-9-10-30-18-7-8-19-15(11-18)13-24-27(19)17-5-3-16(22)4-6-17/h3-8,11-13,25H,9-10,23H2,1-2H3. The van der Waals surface area contributed by atoms with Gasteiger partial charge in [-0.1, -0.05) is 0 Å². The number of nitrogens with zero attached hydrogens (tertiary/aromatic N) is 3. The summed E-state index contributed by atoms with van der Waals surface area (Å²) in [6.07, 6.45) is 3.12. The van der Waals surface area contributed by atoms with Gasteiger partial charge in [-0.2, -0.15) is 5.10 Å². The molecule has 10 heteroatoms. The predicted octanol–water partition coefficient (Wildman–Crippen LogP) is 2.50. The maximum absolute atomic E-state index is 13.2. The van der Waals surface area contributed by atoms with E-state index in [-0.39, 0.29) is 23.9 Å². The first-order chi connectivity index (χ1) is 14.6.